The average molecular weight is 221 g/mol. The molecule has 3 heteroatoms. The van der Waals surface area contributed by atoms with E-state index in [0.29, 0.717) is 0 Å². The molecule has 1 fully saturated rings. The van der Waals surface area contributed by atoms with Crippen molar-refractivity contribution in [2.24, 2.45) is 5.92 Å². The van der Waals surface area contributed by atoms with Gasteiger partial charge in [-0.1, -0.05) is 0 Å². The highest BCUT2D eigenvalue weighted by Gasteiger charge is 2.15. The Kier molecular flexibility index (Phi) is 3.99. The Morgan fingerprint density at radius 2 is 2.12 bits per heavy atom. The van der Waals surface area contributed by atoms with Crippen LogP contribution < -0.4 is 0 Å². The van der Waals surface area contributed by atoms with Crippen molar-refractivity contribution in [2.45, 2.75) is 39.2 Å². The van der Waals surface area contributed by atoms with Gasteiger partial charge in [0.05, 0.1) is 6.33 Å². The van der Waals surface area contributed by atoms with Gasteiger partial charge in [0, 0.05) is 18.4 Å². The van der Waals surface area contributed by atoms with Gasteiger partial charge < -0.3 is 9.47 Å². The van der Waals surface area contributed by atoms with Crippen molar-refractivity contribution in [3.8, 4) is 0 Å². The fourth-order valence-electron chi connectivity index (χ4n) is 2.52. The molecule has 1 aliphatic rings. The highest BCUT2D eigenvalue weighted by Crippen LogP contribution is 2.21. The minimum absolute atomic E-state index is 0.958. The molecule has 0 unspecified atom stereocenters. The molecule has 0 atom stereocenters. The number of piperidine rings is 1. The number of nitrogens with zero attached hydrogens (tertiary/aromatic N) is 3. The van der Waals surface area contributed by atoms with Crippen LogP contribution >= 0.6 is 0 Å². The zero-order valence-corrected chi connectivity index (χ0v) is 10.5. The highest BCUT2D eigenvalue weighted by molar-refractivity contribution is 4.93. The molecule has 16 heavy (non-hydrogen) atoms. The lowest BCUT2D eigenvalue weighted by atomic mass is 9.92. The Hall–Kier alpha value is -0.830. The molecule has 0 radical (unpaired) electrons. The molecule has 0 aliphatic carbocycles. The topological polar surface area (TPSA) is 21.1 Å². The van der Waals surface area contributed by atoms with Gasteiger partial charge in [-0.2, -0.15) is 0 Å². The number of aryl methyl sites for hydroxylation is 2. The van der Waals surface area contributed by atoms with Crippen molar-refractivity contribution in [3.05, 3.63) is 18.2 Å². The molecule has 0 aromatic carbocycles. The van der Waals surface area contributed by atoms with Crippen molar-refractivity contribution in [1.82, 2.24) is 14.5 Å². The van der Waals surface area contributed by atoms with Crippen LogP contribution in [0, 0.1) is 12.8 Å². The minimum atomic E-state index is 0.958. The van der Waals surface area contributed by atoms with E-state index in [9.17, 15) is 0 Å². The number of aromatic nitrogens is 2. The SMILES string of the molecule is Cc1cncn1CCCC1CCN(C)CC1. The Labute approximate surface area is 98.5 Å². The lowest BCUT2D eigenvalue weighted by molar-refractivity contribution is 0.209. The normalized spacial score (nSPS) is 19.1. The summed E-state index contributed by atoms with van der Waals surface area (Å²) in [5.74, 6) is 0.958. The van der Waals surface area contributed by atoms with E-state index >= 15 is 0 Å². The van der Waals surface area contributed by atoms with E-state index in [0.717, 1.165) is 12.5 Å². The number of likely N-dealkylation sites (tertiary alicyclic amines) is 1. The molecular weight excluding hydrogens is 198 g/mol. The average Bonchev–Trinajstić information content (AvgIpc) is 2.68. The van der Waals surface area contributed by atoms with Gasteiger partial charge in [-0.15, -0.1) is 0 Å². The summed E-state index contributed by atoms with van der Waals surface area (Å²) in [6, 6.07) is 0. The van der Waals surface area contributed by atoms with Gasteiger partial charge in [0.15, 0.2) is 0 Å². The molecule has 0 spiro atoms. The molecule has 0 bridgehead atoms. The predicted molar refractivity (Wildman–Crippen MR) is 66.4 cm³/mol. The second-order valence-corrected chi connectivity index (χ2v) is 5.12. The van der Waals surface area contributed by atoms with Gasteiger partial charge in [0.1, 0.15) is 0 Å². The zero-order valence-electron chi connectivity index (χ0n) is 10.5. The summed E-state index contributed by atoms with van der Waals surface area (Å²) >= 11 is 0. The smallest absolute Gasteiger partial charge is 0.0948 e. The first-order valence-corrected chi connectivity index (χ1v) is 6.41. The zero-order chi connectivity index (χ0) is 11.4. The first-order chi connectivity index (χ1) is 7.75. The van der Waals surface area contributed by atoms with E-state index in [1.165, 1.54) is 44.5 Å². The Morgan fingerprint density at radius 1 is 1.38 bits per heavy atom. The summed E-state index contributed by atoms with van der Waals surface area (Å²) in [6.07, 6.45) is 9.34. The van der Waals surface area contributed by atoms with E-state index in [1.54, 1.807) is 0 Å². The molecule has 1 aromatic rings. The first-order valence-electron chi connectivity index (χ1n) is 6.41. The molecule has 1 aromatic heterocycles. The first kappa shape index (κ1) is 11.6. The fraction of sp³-hybridized carbons (Fsp3) is 0.769. The van der Waals surface area contributed by atoms with Crippen LogP contribution in [0.25, 0.3) is 0 Å². The quantitative estimate of drug-likeness (QED) is 0.778. The molecule has 0 saturated carbocycles. The number of hydrogen-bond acceptors (Lipinski definition) is 2. The maximum absolute atomic E-state index is 4.15. The Morgan fingerprint density at radius 3 is 2.75 bits per heavy atom. The summed E-state index contributed by atoms with van der Waals surface area (Å²) < 4.78 is 2.26. The van der Waals surface area contributed by atoms with Crippen LogP contribution in [0.1, 0.15) is 31.4 Å². The van der Waals surface area contributed by atoms with Crippen LogP contribution in [0.5, 0.6) is 0 Å². The fourth-order valence-corrected chi connectivity index (χ4v) is 2.52. The molecule has 2 rings (SSSR count). The molecule has 1 aliphatic heterocycles. The van der Waals surface area contributed by atoms with Crippen molar-refractivity contribution in [2.75, 3.05) is 20.1 Å². The van der Waals surface area contributed by atoms with E-state index in [-0.39, 0.29) is 0 Å². The van der Waals surface area contributed by atoms with Gasteiger partial charge in [-0.25, -0.2) is 4.98 Å². The number of imidazole rings is 1. The second-order valence-electron chi connectivity index (χ2n) is 5.12. The molecule has 3 nitrogen and oxygen atoms in total. The van der Waals surface area contributed by atoms with Gasteiger partial charge in [0.2, 0.25) is 0 Å². The van der Waals surface area contributed by atoms with Crippen molar-refractivity contribution >= 4 is 0 Å². The monoisotopic (exact) mass is 221 g/mol. The van der Waals surface area contributed by atoms with E-state index in [2.05, 4.69) is 28.4 Å². The summed E-state index contributed by atoms with van der Waals surface area (Å²) in [5, 5.41) is 0. The maximum atomic E-state index is 4.15. The van der Waals surface area contributed by atoms with E-state index in [4.69, 9.17) is 0 Å². The molecule has 1 saturated heterocycles. The van der Waals surface area contributed by atoms with Crippen LogP contribution in [0.15, 0.2) is 12.5 Å². The second kappa shape index (κ2) is 5.48. The van der Waals surface area contributed by atoms with Gasteiger partial charge in [0.25, 0.3) is 0 Å². The van der Waals surface area contributed by atoms with Gasteiger partial charge in [-0.05, 0) is 58.7 Å². The summed E-state index contributed by atoms with van der Waals surface area (Å²) in [5.41, 5.74) is 1.28. The van der Waals surface area contributed by atoms with E-state index < -0.39 is 0 Å². The van der Waals surface area contributed by atoms with Crippen LogP contribution in [0.3, 0.4) is 0 Å². The lowest BCUT2D eigenvalue weighted by Gasteiger charge is -2.28. The van der Waals surface area contributed by atoms with Crippen molar-refractivity contribution in [1.29, 1.82) is 0 Å². The lowest BCUT2D eigenvalue weighted by Crippen LogP contribution is -2.30. The summed E-state index contributed by atoms with van der Waals surface area (Å²) in [7, 11) is 2.23. The molecule has 90 valence electrons. The van der Waals surface area contributed by atoms with Crippen LogP contribution in [0.4, 0.5) is 0 Å². The van der Waals surface area contributed by atoms with Gasteiger partial charge in [-0.3, -0.25) is 0 Å². The number of rotatable bonds is 4. The summed E-state index contributed by atoms with van der Waals surface area (Å²) in [6.45, 7) is 5.84. The van der Waals surface area contributed by atoms with E-state index in [1.807, 2.05) is 12.5 Å². The minimum Gasteiger partial charge on any atom is -0.335 e. The highest BCUT2D eigenvalue weighted by atomic mass is 15.1. The maximum Gasteiger partial charge on any atom is 0.0948 e. The Balaban J connectivity index is 1.67. The Bertz CT molecular complexity index is 311. The molecular formula is C13H23N3. The van der Waals surface area contributed by atoms with Crippen LogP contribution in [-0.4, -0.2) is 34.6 Å². The van der Waals surface area contributed by atoms with Crippen LogP contribution in [0.2, 0.25) is 0 Å². The number of hydrogen-bond donors (Lipinski definition) is 0. The van der Waals surface area contributed by atoms with Gasteiger partial charge >= 0.3 is 0 Å². The van der Waals surface area contributed by atoms with Crippen LogP contribution in [-0.2, 0) is 6.54 Å². The third-order valence-electron chi connectivity index (χ3n) is 3.77. The largest absolute Gasteiger partial charge is 0.335 e. The molecule has 0 amide bonds. The standard InChI is InChI=1S/C13H23N3/c1-12-10-14-11-16(12)7-3-4-13-5-8-15(2)9-6-13/h10-11,13H,3-9H2,1-2H3. The predicted octanol–water partition coefficient (Wildman–Crippen LogP) is 2.31. The van der Waals surface area contributed by atoms with Crippen molar-refractivity contribution in [3.63, 3.8) is 0 Å². The summed E-state index contributed by atoms with van der Waals surface area (Å²) in [4.78, 5) is 6.59. The third-order valence-corrected chi connectivity index (χ3v) is 3.77. The third kappa shape index (κ3) is 3.08. The molecule has 0 N–H and O–H groups in total. The molecule has 2 heterocycles. The van der Waals surface area contributed by atoms with Crippen molar-refractivity contribution < 1.29 is 0 Å².